The van der Waals surface area contributed by atoms with Crippen molar-refractivity contribution in [1.29, 1.82) is 0 Å². The maximum atomic E-state index is 12.4. The van der Waals surface area contributed by atoms with Crippen LogP contribution in [0.15, 0.2) is 78.9 Å². The maximum absolute atomic E-state index is 12.4. The summed E-state index contributed by atoms with van der Waals surface area (Å²) in [5, 5.41) is 3.27. The number of Topliss-reactive ketones (excluding diaryl/α,β-unsaturated/α-hetero) is 1. The Bertz CT molecular complexity index is 951. The summed E-state index contributed by atoms with van der Waals surface area (Å²) in [6.07, 6.45) is 0.377. The minimum absolute atomic E-state index is 0.00866. The normalized spacial score (nSPS) is 10.5. The molecule has 0 saturated heterocycles. The number of carbonyl (C=O) groups excluding carboxylic acids is 2. The molecule has 1 N–H and O–H groups in total. The first-order chi connectivity index (χ1) is 13.6. The maximum Gasteiger partial charge on any atom is 0.343 e. The summed E-state index contributed by atoms with van der Waals surface area (Å²) < 4.78 is 5.45. The van der Waals surface area contributed by atoms with E-state index in [1.807, 2.05) is 49.4 Å². The summed E-state index contributed by atoms with van der Waals surface area (Å²) in [7, 11) is 0. The minimum atomic E-state index is -0.424. The Balaban J connectivity index is 1.54. The summed E-state index contributed by atoms with van der Waals surface area (Å²) in [4.78, 5) is 24.8. The molecule has 0 radical (unpaired) electrons. The number of benzene rings is 3. The van der Waals surface area contributed by atoms with E-state index in [0.29, 0.717) is 29.8 Å². The number of nitrogens with one attached hydrogen (secondary N) is 1. The zero-order valence-corrected chi connectivity index (χ0v) is 15.9. The van der Waals surface area contributed by atoms with Gasteiger partial charge in [0.1, 0.15) is 5.75 Å². The molecule has 28 heavy (non-hydrogen) atoms. The molecule has 0 bridgehead atoms. The van der Waals surface area contributed by atoms with Gasteiger partial charge in [-0.05, 0) is 36.2 Å². The Hall–Kier alpha value is -3.24. The van der Waals surface area contributed by atoms with Crippen LogP contribution in [-0.2, 0) is 6.54 Å². The monoisotopic (exact) mass is 373 g/mol. The molecule has 3 aromatic carbocycles. The molecule has 4 nitrogen and oxygen atoms in total. The van der Waals surface area contributed by atoms with Crippen LogP contribution in [0.2, 0.25) is 0 Å². The second-order valence-corrected chi connectivity index (χ2v) is 6.57. The predicted molar refractivity (Wildman–Crippen MR) is 110 cm³/mol. The fraction of sp³-hybridized carbons (Fsp3) is 0.167. The van der Waals surface area contributed by atoms with Crippen LogP contribution in [-0.4, -0.2) is 18.3 Å². The molecule has 0 saturated carbocycles. The molecule has 0 aliphatic heterocycles. The average molecular weight is 373 g/mol. The van der Waals surface area contributed by atoms with E-state index in [9.17, 15) is 9.59 Å². The van der Waals surface area contributed by atoms with Crippen molar-refractivity contribution in [2.75, 3.05) is 6.54 Å². The van der Waals surface area contributed by atoms with Crippen molar-refractivity contribution in [3.05, 3.63) is 101 Å². The zero-order valence-electron chi connectivity index (χ0n) is 15.9. The summed E-state index contributed by atoms with van der Waals surface area (Å²) >= 11 is 0. The molecule has 3 rings (SSSR count). The first-order valence-electron chi connectivity index (χ1n) is 9.29. The van der Waals surface area contributed by atoms with Crippen LogP contribution in [0.4, 0.5) is 0 Å². The van der Waals surface area contributed by atoms with Crippen LogP contribution >= 0.6 is 0 Å². The smallest absolute Gasteiger partial charge is 0.343 e. The molecule has 0 atom stereocenters. The van der Waals surface area contributed by atoms with Crippen LogP contribution in [0, 0.1) is 6.92 Å². The molecule has 0 amide bonds. The number of esters is 1. The molecule has 0 fully saturated rings. The van der Waals surface area contributed by atoms with Crippen LogP contribution in [0.25, 0.3) is 0 Å². The molecule has 0 aliphatic carbocycles. The lowest BCUT2D eigenvalue weighted by atomic mass is 10.1. The molecule has 0 aliphatic rings. The van der Waals surface area contributed by atoms with Crippen molar-refractivity contribution < 1.29 is 14.3 Å². The van der Waals surface area contributed by atoms with Gasteiger partial charge in [0.2, 0.25) is 0 Å². The van der Waals surface area contributed by atoms with E-state index in [2.05, 4.69) is 5.32 Å². The van der Waals surface area contributed by atoms with Gasteiger partial charge in [-0.3, -0.25) is 4.79 Å². The predicted octanol–water partition coefficient (Wildman–Crippen LogP) is 4.58. The standard InChI is InChI=1S/C24H23NO3/c1-18-8-5-6-13-22(18)24(27)28-21-12-7-11-20(16-21)23(26)14-15-25-17-19-9-3-2-4-10-19/h2-13,16,25H,14-15,17H2,1H3. The van der Waals surface area contributed by atoms with Crippen LogP contribution in [0.5, 0.6) is 5.75 Å². The third-order valence-corrected chi connectivity index (χ3v) is 4.43. The second kappa shape index (κ2) is 9.62. The van der Waals surface area contributed by atoms with Gasteiger partial charge in [0.05, 0.1) is 5.56 Å². The van der Waals surface area contributed by atoms with Gasteiger partial charge in [-0.2, -0.15) is 0 Å². The molecule has 0 heterocycles. The summed E-state index contributed by atoms with van der Waals surface area (Å²) in [6.45, 7) is 3.17. The lowest BCUT2D eigenvalue weighted by Crippen LogP contribution is -2.18. The molecule has 0 unspecified atom stereocenters. The Labute approximate surface area is 165 Å². The van der Waals surface area contributed by atoms with Crippen molar-refractivity contribution in [3.8, 4) is 5.75 Å². The molecular weight excluding hydrogens is 350 g/mol. The van der Waals surface area contributed by atoms with Gasteiger partial charge in [-0.1, -0.05) is 60.7 Å². The van der Waals surface area contributed by atoms with E-state index in [1.54, 1.807) is 36.4 Å². The third kappa shape index (κ3) is 5.38. The van der Waals surface area contributed by atoms with Gasteiger partial charge >= 0.3 is 5.97 Å². The number of hydrogen-bond donors (Lipinski definition) is 1. The van der Waals surface area contributed by atoms with E-state index in [4.69, 9.17) is 4.74 Å². The molecule has 142 valence electrons. The molecule has 0 spiro atoms. The van der Waals surface area contributed by atoms with Crippen LogP contribution in [0.1, 0.15) is 38.3 Å². The Morgan fingerprint density at radius 2 is 1.64 bits per heavy atom. The van der Waals surface area contributed by atoms with Gasteiger partial charge in [-0.25, -0.2) is 4.79 Å². The van der Waals surface area contributed by atoms with Crippen LogP contribution < -0.4 is 10.1 Å². The second-order valence-electron chi connectivity index (χ2n) is 6.57. The topological polar surface area (TPSA) is 55.4 Å². The van der Waals surface area contributed by atoms with Crippen molar-refractivity contribution in [2.45, 2.75) is 19.9 Å². The number of ether oxygens (including phenoxy) is 1. The summed E-state index contributed by atoms with van der Waals surface area (Å²) in [5.41, 5.74) is 3.09. The summed E-state index contributed by atoms with van der Waals surface area (Å²) in [5.74, 6) is -0.0436. The first-order valence-corrected chi connectivity index (χ1v) is 9.29. The highest BCUT2D eigenvalue weighted by atomic mass is 16.5. The van der Waals surface area contributed by atoms with E-state index in [-0.39, 0.29) is 5.78 Å². The van der Waals surface area contributed by atoms with E-state index in [0.717, 1.165) is 12.1 Å². The van der Waals surface area contributed by atoms with Crippen molar-refractivity contribution in [3.63, 3.8) is 0 Å². The van der Waals surface area contributed by atoms with E-state index in [1.165, 1.54) is 5.56 Å². The van der Waals surface area contributed by atoms with Crippen molar-refractivity contribution in [1.82, 2.24) is 5.32 Å². The molecule has 4 heteroatoms. The number of carbonyl (C=O) groups is 2. The van der Waals surface area contributed by atoms with Gasteiger partial charge in [-0.15, -0.1) is 0 Å². The lowest BCUT2D eigenvalue weighted by molar-refractivity contribution is 0.0733. The number of aryl methyl sites for hydroxylation is 1. The third-order valence-electron chi connectivity index (χ3n) is 4.43. The first kappa shape index (κ1) is 19.5. The highest BCUT2D eigenvalue weighted by molar-refractivity contribution is 5.97. The molecule has 3 aromatic rings. The minimum Gasteiger partial charge on any atom is -0.423 e. The van der Waals surface area contributed by atoms with Crippen molar-refractivity contribution in [2.24, 2.45) is 0 Å². The molecular formula is C24H23NO3. The number of rotatable bonds is 8. The highest BCUT2D eigenvalue weighted by Crippen LogP contribution is 2.17. The highest BCUT2D eigenvalue weighted by Gasteiger charge is 2.12. The van der Waals surface area contributed by atoms with Gasteiger partial charge in [0, 0.05) is 25.1 Å². The zero-order chi connectivity index (χ0) is 19.8. The SMILES string of the molecule is Cc1ccccc1C(=O)Oc1cccc(C(=O)CCNCc2ccccc2)c1. The largest absolute Gasteiger partial charge is 0.423 e. The lowest BCUT2D eigenvalue weighted by Gasteiger charge is -2.08. The fourth-order valence-electron chi connectivity index (χ4n) is 2.87. The number of hydrogen-bond acceptors (Lipinski definition) is 4. The van der Waals surface area contributed by atoms with E-state index >= 15 is 0 Å². The van der Waals surface area contributed by atoms with Crippen LogP contribution in [0.3, 0.4) is 0 Å². The average Bonchev–Trinajstić information content (AvgIpc) is 2.72. The van der Waals surface area contributed by atoms with Crippen molar-refractivity contribution >= 4 is 11.8 Å². The summed E-state index contributed by atoms with van der Waals surface area (Å²) in [6, 6.07) is 24.1. The number of ketones is 1. The fourth-order valence-corrected chi connectivity index (χ4v) is 2.87. The van der Waals surface area contributed by atoms with E-state index < -0.39 is 5.97 Å². The molecule has 0 aromatic heterocycles. The Morgan fingerprint density at radius 1 is 0.893 bits per heavy atom. The van der Waals surface area contributed by atoms with Gasteiger partial charge in [0.15, 0.2) is 5.78 Å². The Kier molecular flexibility index (Phi) is 6.71. The quantitative estimate of drug-likeness (QED) is 0.272. The van der Waals surface area contributed by atoms with Gasteiger partial charge < -0.3 is 10.1 Å². The Morgan fingerprint density at radius 3 is 2.43 bits per heavy atom. The van der Waals surface area contributed by atoms with Gasteiger partial charge in [0.25, 0.3) is 0 Å².